The third-order valence-electron chi connectivity index (χ3n) is 4.46. The minimum atomic E-state index is -4.45. The maximum absolute atomic E-state index is 13.0. The van der Waals surface area contributed by atoms with Crippen LogP contribution in [0, 0.1) is 0 Å². The van der Waals surface area contributed by atoms with E-state index in [0.717, 1.165) is 12.1 Å². The zero-order valence-electron chi connectivity index (χ0n) is 12.2. The monoisotopic (exact) mass is 323 g/mol. The molecular weight excluding hydrogens is 307 g/mol. The summed E-state index contributed by atoms with van der Waals surface area (Å²) in [6.07, 6.45) is -4.24. The average molecular weight is 323 g/mol. The molecule has 3 rings (SSSR count). The van der Waals surface area contributed by atoms with Gasteiger partial charge in [0.05, 0.1) is 17.4 Å². The Hall–Kier alpha value is -1.92. The minimum Gasteiger partial charge on any atom is -0.393 e. The van der Waals surface area contributed by atoms with Gasteiger partial charge in [0.15, 0.2) is 0 Å². The van der Waals surface area contributed by atoms with E-state index in [1.54, 1.807) is 24.3 Å². The number of benzene rings is 1. The third kappa shape index (κ3) is 2.84. The number of aliphatic hydroxyl groups is 2. The van der Waals surface area contributed by atoms with Gasteiger partial charge in [-0.1, -0.05) is 24.3 Å². The first-order valence-corrected chi connectivity index (χ1v) is 7.28. The van der Waals surface area contributed by atoms with Crippen molar-refractivity contribution in [3.63, 3.8) is 0 Å². The lowest BCUT2D eigenvalue weighted by Gasteiger charge is -2.49. The molecule has 122 valence electrons. The van der Waals surface area contributed by atoms with Crippen molar-refractivity contribution in [1.82, 2.24) is 4.98 Å². The van der Waals surface area contributed by atoms with Gasteiger partial charge < -0.3 is 10.2 Å². The second-order valence-electron chi connectivity index (χ2n) is 5.95. The molecule has 6 heteroatoms. The van der Waals surface area contributed by atoms with Crippen LogP contribution in [0.1, 0.15) is 35.8 Å². The lowest BCUT2D eigenvalue weighted by atomic mass is 9.58. The zero-order chi connectivity index (χ0) is 16.7. The number of aromatic nitrogens is 1. The van der Waals surface area contributed by atoms with E-state index in [-0.39, 0.29) is 12.8 Å². The van der Waals surface area contributed by atoms with Crippen LogP contribution in [-0.4, -0.2) is 21.3 Å². The second kappa shape index (κ2) is 5.62. The van der Waals surface area contributed by atoms with E-state index in [2.05, 4.69) is 4.98 Å². The van der Waals surface area contributed by atoms with E-state index in [1.165, 1.54) is 12.3 Å². The van der Waals surface area contributed by atoms with E-state index in [1.807, 2.05) is 0 Å². The molecular formula is C17H16F3NO2. The summed E-state index contributed by atoms with van der Waals surface area (Å²) in [4.78, 5) is 4.09. The van der Waals surface area contributed by atoms with Gasteiger partial charge in [-0.2, -0.15) is 13.2 Å². The lowest BCUT2D eigenvalue weighted by Crippen LogP contribution is -2.49. The van der Waals surface area contributed by atoms with Crippen molar-refractivity contribution in [2.24, 2.45) is 0 Å². The molecule has 1 fully saturated rings. The maximum atomic E-state index is 13.0. The molecule has 1 aromatic carbocycles. The van der Waals surface area contributed by atoms with E-state index in [0.29, 0.717) is 11.3 Å². The Morgan fingerprint density at radius 1 is 1.13 bits per heavy atom. The Bertz CT molecular complexity index is 682. The number of aliphatic hydroxyl groups excluding tert-OH is 2. The molecule has 0 spiro atoms. The van der Waals surface area contributed by atoms with Gasteiger partial charge in [-0.3, -0.25) is 4.98 Å². The summed E-state index contributed by atoms with van der Waals surface area (Å²) >= 11 is 0. The van der Waals surface area contributed by atoms with Gasteiger partial charge in [0.2, 0.25) is 0 Å². The summed E-state index contributed by atoms with van der Waals surface area (Å²) in [5, 5.41) is 20.4. The molecule has 3 nitrogen and oxygen atoms in total. The zero-order valence-corrected chi connectivity index (χ0v) is 12.2. The van der Waals surface area contributed by atoms with Crippen molar-refractivity contribution in [3.05, 3.63) is 65.5 Å². The van der Waals surface area contributed by atoms with Crippen molar-refractivity contribution in [1.29, 1.82) is 0 Å². The van der Waals surface area contributed by atoms with Gasteiger partial charge >= 0.3 is 6.18 Å². The highest BCUT2D eigenvalue weighted by Gasteiger charge is 2.51. The molecule has 0 saturated heterocycles. The van der Waals surface area contributed by atoms with Gasteiger partial charge in [-0.05, 0) is 36.6 Å². The third-order valence-corrected chi connectivity index (χ3v) is 4.46. The lowest BCUT2D eigenvalue weighted by molar-refractivity contribution is -0.137. The highest BCUT2D eigenvalue weighted by atomic mass is 19.4. The Balaban J connectivity index is 2.02. The highest BCUT2D eigenvalue weighted by Crippen LogP contribution is 2.52. The topological polar surface area (TPSA) is 53.4 Å². The summed E-state index contributed by atoms with van der Waals surface area (Å²) < 4.78 is 38.9. The van der Waals surface area contributed by atoms with E-state index in [9.17, 15) is 23.4 Å². The summed E-state index contributed by atoms with van der Waals surface area (Å²) in [5.74, 6) is 0. The minimum absolute atomic E-state index is 0.200. The number of pyridine rings is 1. The largest absolute Gasteiger partial charge is 0.416 e. The average Bonchev–Trinajstić information content (AvgIpc) is 2.51. The molecule has 0 aliphatic heterocycles. The number of hydrogen-bond donors (Lipinski definition) is 2. The first-order valence-electron chi connectivity index (χ1n) is 7.28. The number of nitrogens with zero attached hydrogens (tertiary/aromatic N) is 1. The molecule has 23 heavy (non-hydrogen) atoms. The highest BCUT2D eigenvalue weighted by molar-refractivity contribution is 5.37. The Morgan fingerprint density at radius 3 is 2.43 bits per heavy atom. The van der Waals surface area contributed by atoms with Gasteiger partial charge in [0.25, 0.3) is 0 Å². The van der Waals surface area contributed by atoms with Crippen molar-refractivity contribution >= 4 is 0 Å². The van der Waals surface area contributed by atoms with Crippen LogP contribution in [-0.2, 0) is 11.6 Å². The van der Waals surface area contributed by atoms with E-state index >= 15 is 0 Å². The standard InChI is InChI=1S/C17H16F3NO2/c18-17(19,20)12-5-3-4-11(8-12)16(9-13(22)10-16)15(23)14-6-1-2-7-21-14/h1-8,13,15,22-23H,9-10H2/t13-,15-,16-/m1/s1. The van der Waals surface area contributed by atoms with Crippen LogP contribution in [0.5, 0.6) is 0 Å². The van der Waals surface area contributed by atoms with Crippen molar-refractivity contribution in [2.75, 3.05) is 0 Å². The molecule has 1 aromatic heterocycles. The van der Waals surface area contributed by atoms with Crippen molar-refractivity contribution < 1.29 is 23.4 Å². The van der Waals surface area contributed by atoms with Gasteiger partial charge in [-0.25, -0.2) is 0 Å². The summed E-state index contributed by atoms with van der Waals surface area (Å²) in [5.41, 5.74) is -0.953. The first-order chi connectivity index (χ1) is 10.8. The molecule has 0 bridgehead atoms. The smallest absolute Gasteiger partial charge is 0.393 e. The molecule has 0 amide bonds. The van der Waals surface area contributed by atoms with Gasteiger partial charge in [0, 0.05) is 11.6 Å². The fourth-order valence-corrected chi connectivity index (χ4v) is 3.22. The molecule has 1 aliphatic rings. The van der Waals surface area contributed by atoms with E-state index in [4.69, 9.17) is 0 Å². The number of halogens is 3. The second-order valence-corrected chi connectivity index (χ2v) is 5.95. The maximum Gasteiger partial charge on any atom is 0.416 e. The van der Waals surface area contributed by atoms with Crippen LogP contribution in [0.25, 0.3) is 0 Å². The van der Waals surface area contributed by atoms with Crippen molar-refractivity contribution in [3.8, 4) is 0 Å². The first kappa shape index (κ1) is 16.0. The predicted molar refractivity (Wildman–Crippen MR) is 77.6 cm³/mol. The van der Waals surface area contributed by atoms with Crippen LogP contribution in [0.15, 0.2) is 48.7 Å². The van der Waals surface area contributed by atoms with Gasteiger partial charge in [-0.15, -0.1) is 0 Å². The summed E-state index contributed by atoms with van der Waals surface area (Å²) in [7, 11) is 0. The van der Waals surface area contributed by atoms with Crippen LogP contribution in [0.3, 0.4) is 0 Å². The number of alkyl halides is 3. The molecule has 1 aliphatic carbocycles. The van der Waals surface area contributed by atoms with Crippen LogP contribution in [0.2, 0.25) is 0 Å². The van der Waals surface area contributed by atoms with Crippen LogP contribution < -0.4 is 0 Å². The SMILES string of the molecule is O[C@H](c1ccccn1)[C@]1(c2cccc(C(F)(F)F)c2)C[C@@H](O)C1. The molecule has 2 aromatic rings. The van der Waals surface area contributed by atoms with Crippen molar-refractivity contribution in [2.45, 2.75) is 36.6 Å². The molecule has 0 radical (unpaired) electrons. The molecule has 1 saturated carbocycles. The Kier molecular flexibility index (Phi) is 3.90. The summed E-state index contributed by atoms with van der Waals surface area (Å²) in [6, 6.07) is 9.98. The van der Waals surface area contributed by atoms with E-state index < -0.39 is 29.4 Å². The molecule has 0 unspecified atom stereocenters. The van der Waals surface area contributed by atoms with Gasteiger partial charge in [0.1, 0.15) is 6.10 Å². The Morgan fingerprint density at radius 2 is 1.87 bits per heavy atom. The fourth-order valence-electron chi connectivity index (χ4n) is 3.22. The van der Waals surface area contributed by atoms with Crippen LogP contribution in [0.4, 0.5) is 13.2 Å². The summed E-state index contributed by atoms with van der Waals surface area (Å²) in [6.45, 7) is 0. The molecule has 2 N–H and O–H groups in total. The molecule has 1 heterocycles. The normalized spacial score (nSPS) is 25.7. The Labute approximate surface area is 131 Å². The predicted octanol–water partition coefficient (Wildman–Crippen LogP) is 3.23. The quantitative estimate of drug-likeness (QED) is 0.912. The van der Waals surface area contributed by atoms with Crippen LogP contribution >= 0.6 is 0 Å². The number of hydrogen-bond acceptors (Lipinski definition) is 3. The fraction of sp³-hybridized carbons (Fsp3) is 0.353. The molecule has 1 atom stereocenters. The number of rotatable bonds is 3.